The monoisotopic (exact) mass is 249 g/mol. The molecule has 17 heavy (non-hydrogen) atoms. The Morgan fingerprint density at radius 2 is 2.12 bits per heavy atom. The molecule has 1 rings (SSSR count). The molecule has 1 atom stereocenters. The molecule has 3 nitrogen and oxygen atoms in total. The van der Waals surface area contributed by atoms with Gasteiger partial charge in [0.15, 0.2) is 0 Å². The largest absolute Gasteiger partial charge is 0.471 e. The van der Waals surface area contributed by atoms with Crippen molar-refractivity contribution in [2.75, 3.05) is 13.7 Å². The molecular weight excluding hydrogens is 235 g/mol. The highest BCUT2D eigenvalue weighted by molar-refractivity contribution is 5.28. The number of ether oxygens (including phenoxy) is 2. The van der Waals surface area contributed by atoms with E-state index in [1.54, 1.807) is 6.92 Å². The van der Waals surface area contributed by atoms with Gasteiger partial charge < -0.3 is 9.47 Å². The first-order valence-corrected chi connectivity index (χ1v) is 5.16. The Hall–Kier alpha value is -1.30. The third-order valence-corrected chi connectivity index (χ3v) is 2.16. The summed E-state index contributed by atoms with van der Waals surface area (Å²) in [5, 5.41) is 0. The molecule has 0 aliphatic carbocycles. The van der Waals surface area contributed by atoms with Crippen LogP contribution in [0, 0.1) is 0 Å². The standard InChI is InChI=1S/C11H14F3NO2/c1-3-8(7-16-2)17-10-9(11(12,13)14)5-4-6-15-10/h4-6,8H,3,7H2,1-2H3/t8-/m0/s1. The van der Waals surface area contributed by atoms with Gasteiger partial charge in [-0.05, 0) is 18.6 Å². The molecule has 0 bridgehead atoms. The van der Waals surface area contributed by atoms with Crippen LogP contribution in [0.15, 0.2) is 18.3 Å². The summed E-state index contributed by atoms with van der Waals surface area (Å²) in [6.07, 6.45) is -3.09. The van der Waals surface area contributed by atoms with Gasteiger partial charge in [0.2, 0.25) is 5.88 Å². The SMILES string of the molecule is CC[C@@H](COC)Oc1ncccc1C(F)(F)F. The zero-order valence-corrected chi connectivity index (χ0v) is 9.62. The number of methoxy groups -OCH3 is 1. The molecule has 0 aromatic carbocycles. The third kappa shape index (κ3) is 3.89. The molecule has 0 N–H and O–H groups in total. The summed E-state index contributed by atoms with van der Waals surface area (Å²) in [6, 6.07) is 2.18. The van der Waals surface area contributed by atoms with E-state index in [1.165, 1.54) is 19.4 Å². The summed E-state index contributed by atoms with van der Waals surface area (Å²) in [5.74, 6) is -0.399. The second-order valence-electron chi connectivity index (χ2n) is 3.46. The quantitative estimate of drug-likeness (QED) is 0.804. The van der Waals surface area contributed by atoms with Crippen molar-refractivity contribution in [3.8, 4) is 5.88 Å². The average Bonchev–Trinajstić information content (AvgIpc) is 2.27. The number of halogens is 3. The summed E-state index contributed by atoms with van der Waals surface area (Å²) in [5.41, 5.74) is -0.866. The number of hydrogen-bond acceptors (Lipinski definition) is 3. The molecule has 1 heterocycles. The molecule has 0 saturated carbocycles. The van der Waals surface area contributed by atoms with E-state index < -0.39 is 23.7 Å². The Morgan fingerprint density at radius 3 is 2.65 bits per heavy atom. The van der Waals surface area contributed by atoms with Gasteiger partial charge in [-0.3, -0.25) is 0 Å². The van der Waals surface area contributed by atoms with Gasteiger partial charge in [-0.2, -0.15) is 13.2 Å². The van der Waals surface area contributed by atoms with E-state index in [1.807, 2.05) is 0 Å². The maximum Gasteiger partial charge on any atom is 0.421 e. The van der Waals surface area contributed by atoms with Crippen molar-refractivity contribution < 1.29 is 22.6 Å². The van der Waals surface area contributed by atoms with E-state index in [9.17, 15) is 13.2 Å². The fraction of sp³-hybridized carbons (Fsp3) is 0.545. The van der Waals surface area contributed by atoms with Gasteiger partial charge in [-0.15, -0.1) is 0 Å². The molecule has 0 radical (unpaired) electrons. The number of aromatic nitrogens is 1. The zero-order valence-electron chi connectivity index (χ0n) is 9.62. The molecule has 0 fully saturated rings. The lowest BCUT2D eigenvalue weighted by Crippen LogP contribution is -2.23. The summed E-state index contributed by atoms with van der Waals surface area (Å²) in [6.45, 7) is 2.03. The molecular formula is C11H14F3NO2. The molecule has 0 amide bonds. The fourth-order valence-corrected chi connectivity index (χ4v) is 1.28. The fourth-order valence-electron chi connectivity index (χ4n) is 1.28. The van der Waals surface area contributed by atoms with Crippen LogP contribution in [0.25, 0.3) is 0 Å². The van der Waals surface area contributed by atoms with Gasteiger partial charge in [0.25, 0.3) is 0 Å². The lowest BCUT2D eigenvalue weighted by molar-refractivity contribution is -0.139. The molecule has 1 aromatic rings. The van der Waals surface area contributed by atoms with Crippen molar-refractivity contribution in [3.05, 3.63) is 23.9 Å². The number of hydrogen-bond donors (Lipinski definition) is 0. The average molecular weight is 249 g/mol. The van der Waals surface area contributed by atoms with Gasteiger partial charge in [-0.25, -0.2) is 4.98 Å². The van der Waals surface area contributed by atoms with Crippen LogP contribution < -0.4 is 4.74 Å². The molecule has 96 valence electrons. The van der Waals surface area contributed by atoms with Crippen LogP contribution in [0.1, 0.15) is 18.9 Å². The van der Waals surface area contributed by atoms with Crippen LogP contribution in [0.3, 0.4) is 0 Å². The lowest BCUT2D eigenvalue weighted by atomic mass is 10.2. The van der Waals surface area contributed by atoms with Crippen molar-refractivity contribution in [3.63, 3.8) is 0 Å². The van der Waals surface area contributed by atoms with Gasteiger partial charge in [0, 0.05) is 13.3 Å². The first kappa shape index (κ1) is 13.8. The molecule has 0 spiro atoms. The minimum atomic E-state index is -4.46. The van der Waals surface area contributed by atoms with Gasteiger partial charge in [-0.1, -0.05) is 6.92 Å². The maximum atomic E-state index is 12.6. The highest BCUT2D eigenvalue weighted by Gasteiger charge is 2.35. The maximum absolute atomic E-state index is 12.6. The number of pyridine rings is 1. The number of nitrogens with zero attached hydrogens (tertiary/aromatic N) is 1. The van der Waals surface area contributed by atoms with Crippen LogP contribution in [0.5, 0.6) is 5.88 Å². The minimum Gasteiger partial charge on any atom is -0.471 e. The molecule has 0 aliphatic heterocycles. The molecule has 0 saturated heterocycles. The normalized spacial score (nSPS) is 13.5. The Labute approximate surface area is 97.6 Å². The smallest absolute Gasteiger partial charge is 0.421 e. The lowest BCUT2D eigenvalue weighted by Gasteiger charge is -2.18. The van der Waals surface area contributed by atoms with E-state index in [4.69, 9.17) is 9.47 Å². The zero-order chi connectivity index (χ0) is 12.9. The van der Waals surface area contributed by atoms with E-state index in [-0.39, 0.29) is 6.61 Å². The van der Waals surface area contributed by atoms with Crippen LogP contribution in [-0.2, 0) is 10.9 Å². The summed E-state index contributed by atoms with van der Waals surface area (Å²) < 4.78 is 48.0. The summed E-state index contributed by atoms with van der Waals surface area (Å²) >= 11 is 0. The molecule has 0 aliphatic rings. The van der Waals surface area contributed by atoms with E-state index in [0.717, 1.165) is 6.07 Å². The molecule has 1 aromatic heterocycles. The highest BCUT2D eigenvalue weighted by atomic mass is 19.4. The van der Waals surface area contributed by atoms with E-state index >= 15 is 0 Å². The Morgan fingerprint density at radius 1 is 1.41 bits per heavy atom. The van der Waals surface area contributed by atoms with Crippen LogP contribution in [0.4, 0.5) is 13.2 Å². The summed E-state index contributed by atoms with van der Waals surface area (Å²) in [4.78, 5) is 3.62. The summed E-state index contributed by atoms with van der Waals surface area (Å²) in [7, 11) is 1.47. The highest BCUT2D eigenvalue weighted by Crippen LogP contribution is 2.35. The second kappa shape index (κ2) is 5.86. The van der Waals surface area contributed by atoms with Crippen molar-refractivity contribution in [1.29, 1.82) is 0 Å². The van der Waals surface area contributed by atoms with Gasteiger partial charge in [0.1, 0.15) is 11.7 Å². The first-order chi connectivity index (χ1) is 7.99. The van der Waals surface area contributed by atoms with Gasteiger partial charge >= 0.3 is 6.18 Å². The van der Waals surface area contributed by atoms with Crippen LogP contribution >= 0.6 is 0 Å². The topological polar surface area (TPSA) is 31.4 Å². The predicted octanol–water partition coefficient (Wildman–Crippen LogP) is 2.90. The van der Waals surface area contributed by atoms with Crippen molar-refractivity contribution in [2.45, 2.75) is 25.6 Å². The van der Waals surface area contributed by atoms with E-state index in [0.29, 0.717) is 6.42 Å². The number of alkyl halides is 3. The van der Waals surface area contributed by atoms with Gasteiger partial charge in [0.05, 0.1) is 6.61 Å². The minimum absolute atomic E-state index is 0.227. The Kier molecular flexibility index (Phi) is 4.74. The van der Waals surface area contributed by atoms with Crippen molar-refractivity contribution in [1.82, 2.24) is 4.98 Å². The first-order valence-electron chi connectivity index (χ1n) is 5.16. The Balaban J connectivity index is 2.90. The van der Waals surface area contributed by atoms with Crippen LogP contribution in [-0.4, -0.2) is 24.8 Å². The predicted molar refractivity (Wildman–Crippen MR) is 55.8 cm³/mol. The molecule has 6 heteroatoms. The second-order valence-corrected chi connectivity index (χ2v) is 3.46. The number of rotatable bonds is 5. The van der Waals surface area contributed by atoms with Crippen molar-refractivity contribution in [2.24, 2.45) is 0 Å². The van der Waals surface area contributed by atoms with Crippen LogP contribution in [0.2, 0.25) is 0 Å². The third-order valence-electron chi connectivity index (χ3n) is 2.16. The van der Waals surface area contributed by atoms with Crippen molar-refractivity contribution >= 4 is 0 Å². The Bertz CT molecular complexity index is 355. The van der Waals surface area contributed by atoms with E-state index in [2.05, 4.69) is 4.98 Å². The molecule has 0 unspecified atom stereocenters.